The van der Waals surface area contributed by atoms with Crippen molar-refractivity contribution < 1.29 is 19.1 Å². The number of carbonyl (C=O) groups is 3. The SMILES string of the molecule is Cc1c(Cl)cccc1NC(=O)C(=O)N/N=C/c1ccc(OC(=O)c2ccc(Cl)cc2)cc1. The van der Waals surface area contributed by atoms with Gasteiger partial charge in [0.1, 0.15) is 5.75 Å². The third-order valence-corrected chi connectivity index (χ3v) is 4.93. The van der Waals surface area contributed by atoms with Crippen molar-refractivity contribution in [2.24, 2.45) is 5.10 Å². The first-order valence-corrected chi connectivity index (χ1v) is 10.1. The van der Waals surface area contributed by atoms with E-state index < -0.39 is 17.8 Å². The fraction of sp³-hybridized carbons (Fsp3) is 0.0435. The van der Waals surface area contributed by atoms with Crippen LogP contribution in [0.1, 0.15) is 21.5 Å². The van der Waals surface area contributed by atoms with Gasteiger partial charge in [-0.05, 0) is 78.7 Å². The highest BCUT2D eigenvalue weighted by Gasteiger charge is 2.14. The van der Waals surface area contributed by atoms with Crippen molar-refractivity contribution in [3.05, 3.63) is 93.5 Å². The number of hydrazone groups is 1. The second-order valence-corrected chi connectivity index (χ2v) is 7.37. The maximum absolute atomic E-state index is 12.1. The van der Waals surface area contributed by atoms with E-state index in [1.807, 2.05) is 0 Å². The summed E-state index contributed by atoms with van der Waals surface area (Å²) in [6, 6.07) is 17.7. The van der Waals surface area contributed by atoms with Crippen LogP contribution in [-0.2, 0) is 9.59 Å². The lowest BCUT2D eigenvalue weighted by atomic mass is 10.2. The van der Waals surface area contributed by atoms with Crippen molar-refractivity contribution in [3.8, 4) is 5.75 Å². The molecule has 32 heavy (non-hydrogen) atoms. The summed E-state index contributed by atoms with van der Waals surface area (Å²) in [5.74, 6) is -2.00. The van der Waals surface area contributed by atoms with Crippen molar-refractivity contribution in [2.45, 2.75) is 6.92 Å². The number of carbonyl (C=O) groups excluding carboxylic acids is 3. The Hall–Kier alpha value is -3.68. The first kappa shape index (κ1) is 23.0. The first-order chi connectivity index (χ1) is 15.3. The molecule has 0 aliphatic rings. The Balaban J connectivity index is 1.52. The van der Waals surface area contributed by atoms with E-state index in [1.165, 1.54) is 6.21 Å². The summed E-state index contributed by atoms with van der Waals surface area (Å²) >= 11 is 11.8. The highest BCUT2D eigenvalue weighted by Crippen LogP contribution is 2.22. The number of amides is 2. The second kappa shape index (κ2) is 10.6. The Morgan fingerprint density at radius 1 is 0.906 bits per heavy atom. The minimum Gasteiger partial charge on any atom is -0.423 e. The molecule has 2 amide bonds. The molecule has 0 bridgehead atoms. The maximum atomic E-state index is 12.1. The second-order valence-electron chi connectivity index (χ2n) is 6.53. The van der Waals surface area contributed by atoms with Gasteiger partial charge < -0.3 is 10.1 Å². The highest BCUT2D eigenvalue weighted by atomic mass is 35.5. The number of hydrogen-bond donors (Lipinski definition) is 2. The third kappa shape index (κ3) is 6.16. The molecule has 3 rings (SSSR count). The molecule has 0 heterocycles. The number of rotatable bonds is 5. The molecule has 0 fully saturated rings. The lowest BCUT2D eigenvalue weighted by Crippen LogP contribution is -2.32. The summed E-state index contributed by atoms with van der Waals surface area (Å²) in [5.41, 5.74) is 4.21. The Morgan fingerprint density at radius 2 is 1.59 bits per heavy atom. The molecule has 9 heteroatoms. The Morgan fingerprint density at radius 3 is 2.28 bits per heavy atom. The quantitative estimate of drug-likeness (QED) is 0.187. The number of hydrogen-bond acceptors (Lipinski definition) is 5. The molecule has 2 N–H and O–H groups in total. The lowest BCUT2D eigenvalue weighted by molar-refractivity contribution is -0.136. The van der Waals surface area contributed by atoms with Gasteiger partial charge in [0.2, 0.25) is 0 Å². The van der Waals surface area contributed by atoms with E-state index in [9.17, 15) is 14.4 Å². The molecule has 0 aliphatic carbocycles. The van der Waals surface area contributed by atoms with Gasteiger partial charge in [-0.2, -0.15) is 5.10 Å². The zero-order valence-corrected chi connectivity index (χ0v) is 18.3. The zero-order chi connectivity index (χ0) is 23.1. The largest absolute Gasteiger partial charge is 0.423 e. The van der Waals surface area contributed by atoms with Gasteiger partial charge in [-0.3, -0.25) is 9.59 Å². The van der Waals surface area contributed by atoms with Crippen LogP contribution in [0.15, 0.2) is 71.8 Å². The Kier molecular flexibility index (Phi) is 7.59. The van der Waals surface area contributed by atoms with Crippen LogP contribution in [0.2, 0.25) is 10.0 Å². The van der Waals surface area contributed by atoms with Gasteiger partial charge in [0.15, 0.2) is 0 Å². The molecule has 7 nitrogen and oxygen atoms in total. The van der Waals surface area contributed by atoms with Crippen LogP contribution in [0.3, 0.4) is 0 Å². The van der Waals surface area contributed by atoms with Crippen molar-refractivity contribution in [1.82, 2.24) is 5.43 Å². The number of halogens is 2. The molecule has 0 atom stereocenters. The number of ether oxygens (including phenoxy) is 1. The summed E-state index contributed by atoms with van der Waals surface area (Å²) in [6.07, 6.45) is 1.35. The molecule has 0 radical (unpaired) electrons. The summed E-state index contributed by atoms with van der Waals surface area (Å²) in [5, 5.41) is 7.23. The molecule has 0 aliphatic heterocycles. The summed E-state index contributed by atoms with van der Waals surface area (Å²) in [6.45, 7) is 1.73. The Bertz CT molecular complexity index is 1180. The molecule has 0 saturated heterocycles. The lowest BCUT2D eigenvalue weighted by Gasteiger charge is -2.08. The number of nitrogens with zero attached hydrogens (tertiary/aromatic N) is 1. The molecule has 162 valence electrons. The molecule has 3 aromatic carbocycles. The number of anilines is 1. The molecule has 3 aromatic rings. The van der Waals surface area contributed by atoms with Crippen molar-refractivity contribution in [1.29, 1.82) is 0 Å². The van der Waals surface area contributed by atoms with E-state index in [-0.39, 0.29) is 0 Å². The maximum Gasteiger partial charge on any atom is 0.343 e. The summed E-state index contributed by atoms with van der Waals surface area (Å²) in [4.78, 5) is 36.0. The van der Waals surface area contributed by atoms with Crippen molar-refractivity contribution in [2.75, 3.05) is 5.32 Å². The van der Waals surface area contributed by atoms with Crippen LogP contribution in [-0.4, -0.2) is 24.0 Å². The zero-order valence-electron chi connectivity index (χ0n) is 16.8. The van der Waals surface area contributed by atoms with Crippen LogP contribution in [0, 0.1) is 6.92 Å². The van der Waals surface area contributed by atoms with Gasteiger partial charge >= 0.3 is 17.8 Å². The van der Waals surface area contributed by atoms with Crippen LogP contribution >= 0.6 is 23.2 Å². The van der Waals surface area contributed by atoms with Gasteiger partial charge in [-0.15, -0.1) is 0 Å². The molecule has 0 aromatic heterocycles. The molecule has 0 unspecified atom stereocenters. The topological polar surface area (TPSA) is 96.9 Å². The van der Waals surface area contributed by atoms with Crippen LogP contribution in [0.4, 0.5) is 5.69 Å². The average molecular weight is 470 g/mol. The van der Waals surface area contributed by atoms with Crippen LogP contribution in [0.5, 0.6) is 5.75 Å². The minimum atomic E-state index is -0.936. The average Bonchev–Trinajstić information content (AvgIpc) is 2.78. The van der Waals surface area contributed by atoms with Crippen molar-refractivity contribution in [3.63, 3.8) is 0 Å². The van der Waals surface area contributed by atoms with Crippen LogP contribution in [0.25, 0.3) is 0 Å². The monoisotopic (exact) mass is 469 g/mol. The van der Waals surface area contributed by atoms with Gasteiger partial charge in [0, 0.05) is 15.7 Å². The molecular weight excluding hydrogens is 453 g/mol. The third-order valence-electron chi connectivity index (χ3n) is 4.27. The standard InChI is InChI=1S/C23H17Cl2N3O4/c1-14-19(25)3-2-4-20(14)27-21(29)22(30)28-26-13-15-5-11-18(12-6-15)32-23(31)16-7-9-17(24)10-8-16/h2-13H,1H3,(H,27,29)(H,28,30)/b26-13+. The van der Waals surface area contributed by atoms with Gasteiger partial charge in [-0.1, -0.05) is 29.3 Å². The van der Waals surface area contributed by atoms with E-state index in [1.54, 1.807) is 73.7 Å². The first-order valence-electron chi connectivity index (χ1n) is 9.31. The van der Waals surface area contributed by atoms with E-state index in [0.717, 1.165) is 0 Å². The van der Waals surface area contributed by atoms with Gasteiger partial charge in [-0.25, -0.2) is 10.2 Å². The normalized spacial score (nSPS) is 10.6. The Labute approximate surface area is 194 Å². The summed E-state index contributed by atoms with van der Waals surface area (Å²) < 4.78 is 5.29. The molecular formula is C23H17Cl2N3O4. The van der Waals surface area contributed by atoms with Crippen LogP contribution < -0.4 is 15.5 Å². The summed E-state index contributed by atoms with van der Waals surface area (Å²) in [7, 11) is 0. The highest BCUT2D eigenvalue weighted by molar-refractivity contribution is 6.40. The van der Waals surface area contributed by atoms with Gasteiger partial charge in [0.25, 0.3) is 0 Å². The van der Waals surface area contributed by atoms with E-state index in [0.29, 0.717) is 38.2 Å². The van der Waals surface area contributed by atoms with Gasteiger partial charge in [0.05, 0.1) is 11.8 Å². The van der Waals surface area contributed by atoms with E-state index in [4.69, 9.17) is 27.9 Å². The van der Waals surface area contributed by atoms with E-state index in [2.05, 4.69) is 15.8 Å². The number of esters is 1. The predicted molar refractivity (Wildman–Crippen MR) is 123 cm³/mol. The molecule has 0 saturated carbocycles. The smallest absolute Gasteiger partial charge is 0.343 e. The molecule has 0 spiro atoms. The fourth-order valence-electron chi connectivity index (χ4n) is 2.51. The predicted octanol–water partition coefficient (Wildman–Crippen LogP) is 4.61. The van der Waals surface area contributed by atoms with Crippen molar-refractivity contribution >= 4 is 52.9 Å². The minimum absolute atomic E-state index is 0.336. The number of nitrogens with one attached hydrogen (secondary N) is 2. The van der Waals surface area contributed by atoms with E-state index >= 15 is 0 Å². The number of benzene rings is 3. The fourth-order valence-corrected chi connectivity index (χ4v) is 2.81.